The van der Waals surface area contributed by atoms with Crippen LogP contribution in [0.2, 0.25) is 0 Å². The Morgan fingerprint density at radius 3 is 2.62 bits per heavy atom. The largest absolute Gasteiger partial charge is 0.391 e. The number of amides is 1. The third-order valence-electron chi connectivity index (χ3n) is 5.73. The molecule has 0 unspecified atom stereocenters. The standard InChI is InChI=1S/C21H25N3O5/c25-13-18-28-14-17(29-18)24-12-9-16(23-20(24)27)22-19(26)21(10-5-2-6-11-21)15-7-3-1-4-8-15/h1,3-4,7-9,12,17-18,25H,2,5-6,10-11,13-14H2,(H,22,23,26,27)/t17-,18-/m0/s1. The average molecular weight is 399 g/mol. The van der Waals surface area contributed by atoms with Gasteiger partial charge in [-0.3, -0.25) is 9.36 Å². The Morgan fingerprint density at radius 1 is 1.21 bits per heavy atom. The number of benzene rings is 1. The van der Waals surface area contributed by atoms with Crippen LogP contribution in [-0.2, 0) is 19.7 Å². The Labute approximate surface area is 168 Å². The number of hydrogen-bond acceptors (Lipinski definition) is 6. The summed E-state index contributed by atoms with van der Waals surface area (Å²) < 4.78 is 12.0. The second-order valence-corrected chi connectivity index (χ2v) is 7.50. The topological polar surface area (TPSA) is 103 Å². The van der Waals surface area contributed by atoms with Crippen molar-refractivity contribution in [1.29, 1.82) is 0 Å². The molecule has 1 saturated heterocycles. The van der Waals surface area contributed by atoms with Gasteiger partial charge in [-0.25, -0.2) is 4.79 Å². The van der Waals surface area contributed by atoms with Crippen LogP contribution < -0.4 is 11.0 Å². The van der Waals surface area contributed by atoms with E-state index < -0.39 is 23.6 Å². The first kappa shape index (κ1) is 19.8. The number of aromatic nitrogens is 2. The van der Waals surface area contributed by atoms with Gasteiger partial charge in [0.05, 0.1) is 18.6 Å². The first-order valence-electron chi connectivity index (χ1n) is 9.96. The van der Waals surface area contributed by atoms with Crippen LogP contribution in [0, 0.1) is 0 Å². The summed E-state index contributed by atoms with van der Waals surface area (Å²) in [4.78, 5) is 29.7. The van der Waals surface area contributed by atoms with Gasteiger partial charge in [0.15, 0.2) is 12.5 Å². The van der Waals surface area contributed by atoms with Crippen molar-refractivity contribution < 1.29 is 19.4 Å². The molecular weight excluding hydrogens is 374 g/mol. The monoisotopic (exact) mass is 399 g/mol. The summed E-state index contributed by atoms with van der Waals surface area (Å²) in [5.74, 6) is 0.0867. The van der Waals surface area contributed by atoms with Crippen molar-refractivity contribution in [2.75, 3.05) is 18.5 Å². The van der Waals surface area contributed by atoms with Gasteiger partial charge in [-0.15, -0.1) is 0 Å². The summed E-state index contributed by atoms with van der Waals surface area (Å²) in [7, 11) is 0. The molecule has 2 fully saturated rings. The summed E-state index contributed by atoms with van der Waals surface area (Å²) in [6, 6.07) is 11.4. The van der Waals surface area contributed by atoms with Gasteiger partial charge in [0.25, 0.3) is 0 Å². The molecule has 4 rings (SSSR count). The fraction of sp³-hybridized carbons (Fsp3) is 0.476. The number of carbonyl (C=O) groups excluding carboxylic acids is 1. The summed E-state index contributed by atoms with van der Waals surface area (Å²) >= 11 is 0. The number of hydrogen-bond donors (Lipinski definition) is 2. The van der Waals surface area contributed by atoms with Crippen molar-refractivity contribution in [2.45, 2.75) is 50.0 Å². The second kappa shape index (κ2) is 8.44. The molecule has 0 radical (unpaired) electrons. The summed E-state index contributed by atoms with van der Waals surface area (Å²) in [5, 5.41) is 11.9. The highest BCUT2D eigenvalue weighted by atomic mass is 16.7. The Morgan fingerprint density at radius 2 is 1.97 bits per heavy atom. The lowest BCUT2D eigenvalue weighted by atomic mass is 9.68. The van der Waals surface area contributed by atoms with Crippen LogP contribution in [0.3, 0.4) is 0 Å². The number of nitrogens with one attached hydrogen (secondary N) is 1. The molecule has 2 heterocycles. The number of carbonyl (C=O) groups is 1. The zero-order valence-electron chi connectivity index (χ0n) is 16.1. The van der Waals surface area contributed by atoms with E-state index >= 15 is 0 Å². The van der Waals surface area contributed by atoms with Crippen LogP contribution in [-0.4, -0.2) is 40.1 Å². The van der Waals surface area contributed by atoms with Gasteiger partial charge in [0, 0.05) is 6.20 Å². The Balaban J connectivity index is 1.54. The van der Waals surface area contributed by atoms with Crippen LogP contribution >= 0.6 is 0 Å². The van der Waals surface area contributed by atoms with Gasteiger partial charge in [-0.05, 0) is 24.5 Å². The quantitative estimate of drug-likeness (QED) is 0.797. The van der Waals surface area contributed by atoms with Gasteiger partial charge < -0.3 is 19.9 Å². The first-order valence-corrected chi connectivity index (χ1v) is 9.96. The molecule has 8 nitrogen and oxygen atoms in total. The highest BCUT2D eigenvalue weighted by Crippen LogP contribution is 2.40. The second-order valence-electron chi connectivity index (χ2n) is 7.50. The highest BCUT2D eigenvalue weighted by molar-refractivity contribution is 5.98. The molecule has 2 atom stereocenters. The van der Waals surface area contributed by atoms with Gasteiger partial charge in [-0.1, -0.05) is 49.6 Å². The average Bonchev–Trinajstić information content (AvgIpc) is 3.24. The van der Waals surface area contributed by atoms with Crippen LogP contribution in [0.4, 0.5) is 5.82 Å². The smallest absolute Gasteiger partial charge is 0.351 e. The van der Waals surface area contributed by atoms with Gasteiger partial charge in [0.1, 0.15) is 5.82 Å². The van der Waals surface area contributed by atoms with E-state index in [2.05, 4.69) is 10.3 Å². The van der Waals surface area contributed by atoms with E-state index in [0.29, 0.717) is 0 Å². The number of nitrogens with zero attached hydrogens (tertiary/aromatic N) is 2. The van der Waals surface area contributed by atoms with E-state index in [0.717, 1.165) is 37.7 Å². The third-order valence-corrected chi connectivity index (χ3v) is 5.73. The normalized spacial score (nSPS) is 23.6. The molecular formula is C21H25N3O5. The predicted octanol–water partition coefficient (Wildman–Crippen LogP) is 1.95. The van der Waals surface area contributed by atoms with E-state index in [9.17, 15) is 9.59 Å². The maximum Gasteiger partial charge on any atom is 0.351 e. The lowest BCUT2D eigenvalue weighted by molar-refractivity contribution is -0.122. The van der Waals surface area contributed by atoms with Gasteiger partial charge in [-0.2, -0.15) is 4.98 Å². The molecule has 1 amide bonds. The summed E-state index contributed by atoms with van der Waals surface area (Å²) in [6.45, 7) is -0.135. The fourth-order valence-electron chi connectivity index (χ4n) is 4.18. The first-order chi connectivity index (χ1) is 14.1. The SMILES string of the molecule is O=C(Nc1ccn([C@@H]2CO[C@H](CO)O2)c(=O)n1)C1(c2ccccc2)CCCCC1. The van der Waals surface area contributed by atoms with Crippen molar-refractivity contribution in [2.24, 2.45) is 0 Å². The third kappa shape index (κ3) is 3.96. The van der Waals surface area contributed by atoms with Crippen molar-refractivity contribution >= 4 is 11.7 Å². The highest BCUT2D eigenvalue weighted by Gasteiger charge is 2.41. The number of ether oxygens (including phenoxy) is 2. The Hall–Kier alpha value is -2.55. The van der Waals surface area contributed by atoms with E-state index in [1.807, 2.05) is 30.3 Å². The molecule has 0 spiro atoms. The minimum Gasteiger partial charge on any atom is -0.391 e. The number of aliphatic hydroxyl groups is 1. The molecule has 1 saturated carbocycles. The zero-order chi connectivity index (χ0) is 20.3. The molecule has 1 aromatic carbocycles. The lowest BCUT2D eigenvalue weighted by Crippen LogP contribution is -2.42. The van der Waals surface area contributed by atoms with E-state index in [4.69, 9.17) is 14.6 Å². The molecule has 1 aromatic heterocycles. The molecule has 154 valence electrons. The molecule has 2 aromatic rings. The number of anilines is 1. The fourth-order valence-corrected chi connectivity index (χ4v) is 4.18. The summed E-state index contributed by atoms with van der Waals surface area (Å²) in [5.41, 5.74) is -0.156. The van der Waals surface area contributed by atoms with Gasteiger partial charge >= 0.3 is 5.69 Å². The number of aliphatic hydroxyl groups excluding tert-OH is 1. The summed E-state index contributed by atoms with van der Waals surface area (Å²) in [6.07, 6.45) is 4.77. The van der Waals surface area contributed by atoms with E-state index in [-0.39, 0.29) is 24.9 Å². The van der Waals surface area contributed by atoms with E-state index in [1.165, 1.54) is 10.8 Å². The van der Waals surface area contributed by atoms with Crippen molar-refractivity contribution in [3.63, 3.8) is 0 Å². The minimum atomic E-state index is -0.747. The molecule has 8 heteroatoms. The van der Waals surface area contributed by atoms with Gasteiger partial charge in [0.2, 0.25) is 5.91 Å². The molecule has 29 heavy (non-hydrogen) atoms. The van der Waals surface area contributed by atoms with Crippen LogP contribution in [0.1, 0.15) is 43.9 Å². The Bertz CT molecular complexity index is 908. The number of rotatable bonds is 5. The van der Waals surface area contributed by atoms with Crippen molar-refractivity contribution in [1.82, 2.24) is 9.55 Å². The van der Waals surface area contributed by atoms with E-state index in [1.54, 1.807) is 6.07 Å². The molecule has 0 bridgehead atoms. The zero-order valence-corrected chi connectivity index (χ0v) is 16.1. The molecule has 1 aliphatic carbocycles. The van der Waals surface area contributed by atoms with Crippen molar-refractivity contribution in [3.05, 3.63) is 58.6 Å². The Kier molecular flexibility index (Phi) is 5.75. The molecule has 2 N–H and O–H groups in total. The van der Waals surface area contributed by atoms with Crippen LogP contribution in [0.15, 0.2) is 47.4 Å². The maximum atomic E-state index is 13.3. The van der Waals surface area contributed by atoms with Crippen molar-refractivity contribution in [3.8, 4) is 0 Å². The minimum absolute atomic E-state index is 0.131. The maximum absolute atomic E-state index is 13.3. The van der Waals surface area contributed by atoms with Crippen LogP contribution in [0.5, 0.6) is 0 Å². The van der Waals surface area contributed by atoms with Crippen LogP contribution in [0.25, 0.3) is 0 Å². The molecule has 1 aliphatic heterocycles. The predicted molar refractivity (Wildman–Crippen MR) is 105 cm³/mol. The molecule has 2 aliphatic rings. The lowest BCUT2D eigenvalue weighted by Gasteiger charge is -2.36.